The van der Waals surface area contributed by atoms with Crippen molar-refractivity contribution >= 4 is 23.9 Å². The van der Waals surface area contributed by atoms with Crippen molar-refractivity contribution in [3.63, 3.8) is 0 Å². The number of anilines is 1. The number of hydrogen-bond acceptors (Lipinski definition) is 4. The molecule has 0 saturated heterocycles. The Morgan fingerprint density at radius 2 is 2.04 bits per heavy atom. The number of ether oxygens (including phenoxy) is 1. The number of nitrogens with one attached hydrogen (secondary N) is 2. The first-order valence-corrected chi connectivity index (χ1v) is 7.54. The first-order chi connectivity index (χ1) is 11.6. The van der Waals surface area contributed by atoms with Crippen molar-refractivity contribution in [3.8, 4) is 0 Å². The monoisotopic (exact) mass is 323 g/mol. The van der Waals surface area contributed by atoms with Crippen LogP contribution >= 0.6 is 0 Å². The highest BCUT2D eigenvalue weighted by atomic mass is 16.5. The molecule has 122 valence electrons. The molecule has 1 heterocycles. The molecule has 3 rings (SSSR count). The van der Waals surface area contributed by atoms with E-state index in [0.29, 0.717) is 5.69 Å². The highest BCUT2D eigenvalue weighted by molar-refractivity contribution is 6.04. The molecule has 2 N–H and O–H groups in total. The van der Waals surface area contributed by atoms with Crippen molar-refractivity contribution in [2.75, 3.05) is 5.32 Å². The van der Waals surface area contributed by atoms with Gasteiger partial charge in [-0.25, -0.2) is 4.79 Å². The molecule has 0 saturated carbocycles. The molecule has 0 aliphatic carbocycles. The lowest BCUT2D eigenvalue weighted by molar-refractivity contribution is -0.117. The van der Waals surface area contributed by atoms with Crippen molar-refractivity contribution in [2.24, 2.45) is 4.99 Å². The van der Waals surface area contributed by atoms with Gasteiger partial charge in [0.05, 0.1) is 0 Å². The molecular formula is C18H17N3O3. The Kier molecular flexibility index (Phi) is 4.56. The highest BCUT2D eigenvalue weighted by Crippen LogP contribution is 2.18. The molecule has 0 spiro atoms. The molecule has 6 nitrogen and oxygen atoms in total. The van der Waals surface area contributed by atoms with Crippen molar-refractivity contribution in [3.05, 3.63) is 65.2 Å². The Labute approximate surface area is 139 Å². The molecule has 2 aromatic carbocycles. The summed E-state index contributed by atoms with van der Waals surface area (Å²) in [5, 5.41) is 5.22. The zero-order valence-electron chi connectivity index (χ0n) is 13.2. The van der Waals surface area contributed by atoms with Crippen LogP contribution in [-0.4, -0.2) is 24.4 Å². The molecule has 1 unspecified atom stereocenters. The van der Waals surface area contributed by atoms with Gasteiger partial charge in [0, 0.05) is 17.5 Å². The Morgan fingerprint density at radius 1 is 1.25 bits per heavy atom. The minimum Gasteiger partial charge on any atom is -0.445 e. The van der Waals surface area contributed by atoms with E-state index in [2.05, 4.69) is 15.6 Å². The first-order valence-electron chi connectivity index (χ1n) is 7.54. The van der Waals surface area contributed by atoms with Gasteiger partial charge in [-0.1, -0.05) is 42.5 Å². The van der Waals surface area contributed by atoms with E-state index in [1.807, 2.05) is 55.5 Å². The van der Waals surface area contributed by atoms with Gasteiger partial charge in [0.15, 0.2) is 0 Å². The van der Waals surface area contributed by atoms with Gasteiger partial charge in [0.2, 0.25) is 6.17 Å². The maximum atomic E-state index is 12.2. The molecule has 0 radical (unpaired) electrons. The average Bonchev–Trinajstić information content (AvgIpc) is 2.73. The van der Waals surface area contributed by atoms with Crippen LogP contribution in [0, 0.1) is 6.92 Å². The lowest BCUT2D eigenvalue weighted by atomic mass is 10.1. The van der Waals surface area contributed by atoms with Gasteiger partial charge in [-0.05, 0) is 24.1 Å². The fourth-order valence-electron chi connectivity index (χ4n) is 2.29. The zero-order chi connectivity index (χ0) is 16.9. The van der Waals surface area contributed by atoms with E-state index in [1.165, 1.54) is 0 Å². The second-order valence-electron chi connectivity index (χ2n) is 5.47. The molecule has 1 atom stereocenters. The van der Waals surface area contributed by atoms with Gasteiger partial charge in [-0.2, -0.15) is 0 Å². The van der Waals surface area contributed by atoms with E-state index in [0.717, 1.165) is 16.7 Å². The van der Waals surface area contributed by atoms with E-state index >= 15 is 0 Å². The molecule has 1 aliphatic rings. The standard InChI is InChI=1S/C18H17N3O3/c1-12-7-8-14-10-19-16(17(22)20-15(14)9-12)21-18(23)24-11-13-5-3-2-4-6-13/h2-10,16H,11H2,1H3,(H,20,22)(H,21,23). The second-order valence-corrected chi connectivity index (χ2v) is 5.47. The first kappa shape index (κ1) is 15.7. The summed E-state index contributed by atoms with van der Waals surface area (Å²) in [5.41, 5.74) is 3.35. The van der Waals surface area contributed by atoms with E-state index in [1.54, 1.807) is 6.21 Å². The number of rotatable bonds is 3. The van der Waals surface area contributed by atoms with Gasteiger partial charge in [-0.15, -0.1) is 0 Å². The third kappa shape index (κ3) is 3.78. The minimum absolute atomic E-state index is 0.129. The maximum absolute atomic E-state index is 12.2. The number of aryl methyl sites for hydroxylation is 1. The van der Waals surface area contributed by atoms with Crippen molar-refractivity contribution in [1.29, 1.82) is 0 Å². The quantitative estimate of drug-likeness (QED) is 0.911. The van der Waals surface area contributed by atoms with E-state index in [4.69, 9.17) is 4.74 Å². The predicted molar refractivity (Wildman–Crippen MR) is 91.0 cm³/mol. The number of aliphatic imine (C=N–C) groups is 1. The van der Waals surface area contributed by atoms with Crippen LogP contribution in [0.2, 0.25) is 0 Å². The number of carbonyl (C=O) groups excluding carboxylic acids is 2. The number of benzodiazepines with no additional fused rings is 1. The van der Waals surface area contributed by atoms with Crippen LogP contribution in [0.1, 0.15) is 16.7 Å². The van der Waals surface area contributed by atoms with Gasteiger partial charge in [-0.3, -0.25) is 15.1 Å². The molecule has 2 aromatic rings. The lowest BCUT2D eigenvalue weighted by Gasteiger charge is -2.13. The van der Waals surface area contributed by atoms with E-state index in [-0.39, 0.29) is 6.61 Å². The molecule has 6 heteroatoms. The van der Waals surface area contributed by atoms with Crippen molar-refractivity contribution in [1.82, 2.24) is 5.32 Å². The van der Waals surface area contributed by atoms with Crippen LogP contribution in [0.3, 0.4) is 0 Å². The van der Waals surface area contributed by atoms with Gasteiger partial charge < -0.3 is 10.1 Å². The average molecular weight is 323 g/mol. The number of alkyl carbamates (subject to hydrolysis) is 1. The Balaban J connectivity index is 1.61. The maximum Gasteiger partial charge on any atom is 0.409 e. The fourth-order valence-corrected chi connectivity index (χ4v) is 2.29. The van der Waals surface area contributed by atoms with E-state index < -0.39 is 18.2 Å². The van der Waals surface area contributed by atoms with Gasteiger partial charge in [0.1, 0.15) is 6.61 Å². The van der Waals surface area contributed by atoms with Crippen LogP contribution in [0.4, 0.5) is 10.5 Å². The third-order valence-electron chi connectivity index (χ3n) is 3.55. The van der Waals surface area contributed by atoms with Crippen LogP contribution in [0.15, 0.2) is 53.5 Å². The molecule has 0 bridgehead atoms. The summed E-state index contributed by atoms with van der Waals surface area (Å²) >= 11 is 0. The Hall–Kier alpha value is -3.15. The number of carbonyl (C=O) groups is 2. The number of nitrogens with zero attached hydrogens (tertiary/aromatic N) is 1. The Morgan fingerprint density at radius 3 is 2.83 bits per heavy atom. The molecule has 0 aromatic heterocycles. The summed E-state index contributed by atoms with van der Waals surface area (Å²) in [5.74, 6) is -0.410. The minimum atomic E-state index is -1.03. The SMILES string of the molecule is Cc1ccc2c(c1)NC(=O)C(NC(=O)OCc1ccccc1)N=C2. The zero-order valence-corrected chi connectivity index (χ0v) is 13.2. The molecule has 0 fully saturated rings. The summed E-state index contributed by atoms with van der Waals surface area (Å²) in [6.45, 7) is 2.06. The van der Waals surface area contributed by atoms with Crippen LogP contribution < -0.4 is 10.6 Å². The predicted octanol–water partition coefficient (Wildman–Crippen LogP) is 2.62. The fraction of sp³-hybridized carbons (Fsp3) is 0.167. The van der Waals surface area contributed by atoms with Crippen LogP contribution in [-0.2, 0) is 16.1 Å². The third-order valence-corrected chi connectivity index (χ3v) is 3.55. The molecular weight excluding hydrogens is 306 g/mol. The second kappa shape index (κ2) is 6.95. The number of amides is 2. The van der Waals surface area contributed by atoms with Crippen LogP contribution in [0.25, 0.3) is 0 Å². The lowest BCUT2D eigenvalue weighted by Crippen LogP contribution is -2.42. The largest absolute Gasteiger partial charge is 0.445 e. The molecule has 1 aliphatic heterocycles. The Bertz CT molecular complexity index is 787. The van der Waals surface area contributed by atoms with E-state index in [9.17, 15) is 9.59 Å². The summed E-state index contributed by atoms with van der Waals surface area (Å²) in [7, 11) is 0. The number of benzene rings is 2. The smallest absolute Gasteiger partial charge is 0.409 e. The normalized spacial score (nSPS) is 15.9. The molecule has 24 heavy (non-hydrogen) atoms. The summed E-state index contributed by atoms with van der Waals surface area (Å²) < 4.78 is 5.11. The highest BCUT2D eigenvalue weighted by Gasteiger charge is 2.23. The summed E-state index contributed by atoms with van der Waals surface area (Å²) in [4.78, 5) is 28.2. The van der Waals surface area contributed by atoms with Crippen molar-refractivity contribution < 1.29 is 14.3 Å². The van der Waals surface area contributed by atoms with Gasteiger partial charge >= 0.3 is 6.09 Å². The van der Waals surface area contributed by atoms with Crippen molar-refractivity contribution in [2.45, 2.75) is 19.7 Å². The molecule has 2 amide bonds. The van der Waals surface area contributed by atoms with Gasteiger partial charge in [0.25, 0.3) is 5.91 Å². The van der Waals surface area contributed by atoms with Crippen LogP contribution in [0.5, 0.6) is 0 Å². The summed E-state index contributed by atoms with van der Waals surface area (Å²) in [6.07, 6.45) is -0.159. The topological polar surface area (TPSA) is 79.8 Å². The summed E-state index contributed by atoms with van der Waals surface area (Å²) in [6, 6.07) is 15.0. The number of fused-ring (bicyclic) bond motifs is 1. The number of hydrogen-bond donors (Lipinski definition) is 2.